The Labute approximate surface area is 122 Å². The van der Waals surface area contributed by atoms with Crippen molar-refractivity contribution >= 4 is 16.0 Å². The summed E-state index contributed by atoms with van der Waals surface area (Å²) in [6.07, 6.45) is 5.30. The van der Waals surface area contributed by atoms with Crippen molar-refractivity contribution < 1.29 is 8.42 Å². The normalized spacial score (nSPS) is 24.6. The Morgan fingerprint density at radius 2 is 1.90 bits per heavy atom. The maximum atomic E-state index is 11.4. The molecule has 118 valence electrons. The number of hydrogen-bond acceptors (Lipinski definition) is 3. The van der Waals surface area contributed by atoms with Crippen LogP contribution < -0.4 is 10.5 Å². The van der Waals surface area contributed by atoms with E-state index < -0.39 is 10.0 Å². The molecule has 6 nitrogen and oxygen atoms in total. The van der Waals surface area contributed by atoms with Gasteiger partial charge >= 0.3 is 0 Å². The molecule has 20 heavy (non-hydrogen) atoms. The molecule has 0 aromatic heterocycles. The predicted octanol–water partition coefficient (Wildman–Crippen LogP) is 0.751. The van der Waals surface area contributed by atoms with Crippen LogP contribution >= 0.6 is 0 Å². The minimum absolute atomic E-state index is 0.00740. The van der Waals surface area contributed by atoms with Gasteiger partial charge in [0.05, 0.1) is 6.26 Å². The van der Waals surface area contributed by atoms with Gasteiger partial charge in [-0.2, -0.15) is 0 Å². The highest BCUT2D eigenvalue weighted by Crippen LogP contribution is 2.25. The fourth-order valence-electron chi connectivity index (χ4n) is 2.71. The molecule has 0 aromatic rings. The van der Waals surface area contributed by atoms with Crippen LogP contribution in [0.1, 0.15) is 39.5 Å². The second-order valence-electron chi connectivity index (χ2n) is 5.41. The number of aliphatic imine (C=N–C) groups is 1. The van der Waals surface area contributed by atoms with E-state index in [9.17, 15) is 8.42 Å². The molecule has 0 amide bonds. The van der Waals surface area contributed by atoms with Gasteiger partial charge in [0.15, 0.2) is 5.96 Å². The van der Waals surface area contributed by atoms with Crippen molar-refractivity contribution in [1.82, 2.24) is 9.62 Å². The van der Waals surface area contributed by atoms with Gasteiger partial charge in [0.1, 0.15) is 0 Å². The zero-order valence-corrected chi connectivity index (χ0v) is 13.6. The van der Waals surface area contributed by atoms with E-state index in [1.54, 1.807) is 0 Å². The summed E-state index contributed by atoms with van der Waals surface area (Å²) < 4.78 is 25.5. The molecule has 1 aliphatic carbocycles. The molecular formula is C13H28N4O2S. The largest absolute Gasteiger partial charge is 0.370 e. The molecule has 0 heterocycles. The lowest BCUT2D eigenvalue weighted by Gasteiger charge is -2.31. The van der Waals surface area contributed by atoms with Gasteiger partial charge in [-0.25, -0.2) is 13.1 Å². The van der Waals surface area contributed by atoms with Crippen molar-refractivity contribution in [3.8, 4) is 0 Å². The average Bonchev–Trinajstić information content (AvgIpc) is 2.37. The smallest absolute Gasteiger partial charge is 0.208 e. The van der Waals surface area contributed by atoms with Gasteiger partial charge in [0.2, 0.25) is 10.0 Å². The first kappa shape index (κ1) is 17.2. The molecule has 2 unspecified atom stereocenters. The number of nitrogens with zero attached hydrogens (tertiary/aromatic N) is 2. The second kappa shape index (κ2) is 7.83. The number of hydrogen-bond donors (Lipinski definition) is 2. The van der Waals surface area contributed by atoms with Crippen LogP contribution in [0.15, 0.2) is 4.99 Å². The van der Waals surface area contributed by atoms with E-state index in [0.29, 0.717) is 12.5 Å². The summed E-state index contributed by atoms with van der Waals surface area (Å²) in [6.45, 7) is 6.35. The average molecular weight is 304 g/mol. The van der Waals surface area contributed by atoms with Crippen molar-refractivity contribution in [3.05, 3.63) is 0 Å². The third-order valence-corrected chi connectivity index (χ3v) is 4.58. The first-order chi connectivity index (χ1) is 9.37. The minimum Gasteiger partial charge on any atom is -0.370 e. The summed E-state index contributed by atoms with van der Waals surface area (Å²) in [5.74, 6) is 0.797. The molecule has 7 heteroatoms. The molecule has 0 aliphatic heterocycles. The molecule has 1 rings (SSSR count). The van der Waals surface area contributed by atoms with E-state index in [-0.39, 0.29) is 12.0 Å². The fourth-order valence-corrected chi connectivity index (χ4v) is 3.57. The third-order valence-electron chi connectivity index (χ3n) is 3.85. The summed E-state index contributed by atoms with van der Waals surface area (Å²) in [5.41, 5.74) is 5.97. The van der Waals surface area contributed by atoms with Crippen LogP contribution in [-0.2, 0) is 10.0 Å². The van der Waals surface area contributed by atoms with E-state index in [1.807, 2.05) is 18.7 Å². The van der Waals surface area contributed by atoms with Gasteiger partial charge in [-0.15, -0.1) is 0 Å². The van der Waals surface area contributed by atoms with Crippen LogP contribution in [0.5, 0.6) is 0 Å². The van der Waals surface area contributed by atoms with Crippen LogP contribution in [0.2, 0.25) is 0 Å². The van der Waals surface area contributed by atoms with Crippen LogP contribution in [0.4, 0.5) is 0 Å². The highest BCUT2D eigenvalue weighted by Gasteiger charge is 2.27. The van der Waals surface area contributed by atoms with Gasteiger partial charge in [-0.1, -0.05) is 12.8 Å². The minimum atomic E-state index is -3.16. The monoisotopic (exact) mass is 304 g/mol. The molecule has 0 radical (unpaired) electrons. The predicted molar refractivity (Wildman–Crippen MR) is 83.1 cm³/mol. The van der Waals surface area contributed by atoms with Gasteiger partial charge in [-0.3, -0.25) is 4.99 Å². The van der Waals surface area contributed by atoms with Crippen molar-refractivity contribution in [1.29, 1.82) is 0 Å². The number of sulfonamides is 1. The highest BCUT2D eigenvalue weighted by molar-refractivity contribution is 7.88. The zero-order valence-electron chi connectivity index (χ0n) is 12.8. The van der Waals surface area contributed by atoms with E-state index in [2.05, 4.69) is 9.71 Å². The quantitative estimate of drug-likeness (QED) is 0.560. The van der Waals surface area contributed by atoms with E-state index >= 15 is 0 Å². The maximum absolute atomic E-state index is 11.4. The molecule has 0 bridgehead atoms. The molecule has 1 fully saturated rings. The molecule has 1 saturated carbocycles. The summed E-state index contributed by atoms with van der Waals surface area (Å²) >= 11 is 0. The van der Waals surface area contributed by atoms with Crippen molar-refractivity contribution in [2.75, 3.05) is 25.9 Å². The lowest BCUT2D eigenvalue weighted by Crippen LogP contribution is -2.43. The van der Waals surface area contributed by atoms with Crippen molar-refractivity contribution in [3.63, 3.8) is 0 Å². The zero-order chi connectivity index (χ0) is 15.2. The topological polar surface area (TPSA) is 87.8 Å². The Morgan fingerprint density at radius 1 is 1.30 bits per heavy atom. The lowest BCUT2D eigenvalue weighted by molar-refractivity contribution is 0.296. The van der Waals surface area contributed by atoms with Crippen LogP contribution in [-0.4, -0.2) is 51.2 Å². The third kappa shape index (κ3) is 5.66. The SMILES string of the molecule is CCN(CC)C(N)=NCC1CCCCC1NS(C)(=O)=O. The summed E-state index contributed by atoms with van der Waals surface area (Å²) in [4.78, 5) is 6.46. The number of nitrogens with one attached hydrogen (secondary N) is 1. The summed E-state index contributed by atoms with van der Waals surface area (Å²) in [7, 11) is -3.16. The van der Waals surface area contributed by atoms with E-state index in [4.69, 9.17) is 5.73 Å². The van der Waals surface area contributed by atoms with E-state index in [1.165, 1.54) is 6.26 Å². The first-order valence-electron chi connectivity index (χ1n) is 7.39. The van der Waals surface area contributed by atoms with Gasteiger partial charge in [0.25, 0.3) is 0 Å². The Hall–Kier alpha value is -0.820. The summed E-state index contributed by atoms with van der Waals surface area (Å²) in [6, 6.07) is -0.00740. The molecule has 0 saturated heterocycles. The van der Waals surface area contributed by atoms with Crippen LogP contribution in [0.25, 0.3) is 0 Å². The fraction of sp³-hybridized carbons (Fsp3) is 0.923. The first-order valence-corrected chi connectivity index (χ1v) is 9.28. The van der Waals surface area contributed by atoms with E-state index in [0.717, 1.165) is 38.8 Å². The summed E-state index contributed by atoms with van der Waals surface area (Å²) in [5, 5.41) is 0. The maximum Gasteiger partial charge on any atom is 0.208 e. The number of nitrogens with two attached hydrogens (primary N) is 1. The Bertz CT molecular complexity index is 418. The molecule has 3 N–H and O–H groups in total. The Morgan fingerprint density at radius 3 is 2.45 bits per heavy atom. The Balaban J connectivity index is 2.65. The van der Waals surface area contributed by atoms with Crippen LogP contribution in [0, 0.1) is 5.92 Å². The van der Waals surface area contributed by atoms with Crippen LogP contribution in [0.3, 0.4) is 0 Å². The van der Waals surface area contributed by atoms with Crippen molar-refractivity contribution in [2.24, 2.45) is 16.6 Å². The number of rotatable bonds is 6. The van der Waals surface area contributed by atoms with Crippen molar-refractivity contribution in [2.45, 2.75) is 45.6 Å². The highest BCUT2D eigenvalue weighted by atomic mass is 32.2. The molecule has 1 aliphatic rings. The Kier molecular flexibility index (Phi) is 6.75. The van der Waals surface area contributed by atoms with Gasteiger partial charge in [-0.05, 0) is 32.6 Å². The number of guanidine groups is 1. The van der Waals surface area contributed by atoms with Gasteiger partial charge in [0, 0.05) is 25.7 Å². The standard InChI is InChI=1S/C13H28N4O2S/c1-4-17(5-2)13(14)15-10-11-8-6-7-9-12(11)16-20(3,18)19/h11-12,16H,4-10H2,1-3H3,(H2,14,15). The lowest BCUT2D eigenvalue weighted by atomic mass is 9.85. The van der Waals surface area contributed by atoms with Gasteiger partial charge < -0.3 is 10.6 Å². The molecular weight excluding hydrogens is 276 g/mol. The molecule has 0 aromatic carbocycles. The second-order valence-corrected chi connectivity index (χ2v) is 7.19. The molecule has 0 spiro atoms. The molecule has 2 atom stereocenters.